The number of hydrogen-bond donors (Lipinski definition) is 1. The molecule has 0 fully saturated rings. The molecule has 0 saturated heterocycles. The normalized spacial score (nSPS) is 11.7. The molecule has 2 aromatic rings. The Labute approximate surface area is 151 Å². The molecular formula is C20H23F3N2O. The average Bonchev–Trinajstić information content (AvgIpc) is 2.50. The molecule has 1 N–H and O–H groups in total. The molecule has 140 valence electrons. The fraction of sp³-hybridized carbons (Fsp3) is 0.350. The van der Waals surface area contributed by atoms with Crippen molar-refractivity contribution in [1.82, 2.24) is 4.90 Å². The Balaban J connectivity index is 1.95. The minimum atomic E-state index is -4.34. The monoisotopic (exact) mass is 364 g/mol. The van der Waals surface area contributed by atoms with E-state index < -0.39 is 11.7 Å². The van der Waals surface area contributed by atoms with E-state index in [4.69, 9.17) is 0 Å². The van der Waals surface area contributed by atoms with Gasteiger partial charge >= 0.3 is 6.18 Å². The number of rotatable bonds is 5. The largest absolute Gasteiger partial charge is 0.416 e. The maximum Gasteiger partial charge on any atom is 0.416 e. The van der Waals surface area contributed by atoms with Crippen LogP contribution >= 0.6 is 0 Å². The molecule has 0 atom stereocenters. The highest BCUT2D eigenvalue weighted by Gasteiger charge is 2.29. The number of hydrogen-bond acceptors (Lipinski definition) is 2. The molecule has 0 bridgehead atoms. The molecule has 0 aliphatic rings. The first-order valence-electron chi connectivity index (χ1n) is 8.28. The van der Waals surface area contributed by atoms with Crippen molar-refractivity contribution >= 4 is 11.6 Å². The number of anilines is 1. The molecule has 0 aliphatic carbocycles. The number of benzene rings is 2. The summed E-state index contributed by atoms with van der Waals surface area (Å²) >= 11 is 0. The summed E-state index contributed by atoms with van der Waals surface area (Å²) in [5.74, 6) is -0.158. The number of amides is 1. The molecule has 2 aromatic carbocycles. The summed E-state index contributed by atoms with van der Waals surface area (Å²) in [5, 5.41) is 2.92. The van der Waals surface area contributed by atoms with Gasteiger partial charge < -0.3 is 5.32 Å². The third-order valence-electron chi connectivity index (χ3n) is 4.09. The lowest BCUT2D eigenvalue weighted by Gasteiger charge is -2.18. The van der Waals surface area contributed by atoms with Crippen molar-refractivity contribution in [3.63, 3.8) is 0 Å². The second-order valence-corrected chi connectivity index (χ2v) is 6.69. The molecular weight excluding hydrogens is 341 g/mol. The predicted octanol–water partition coefficient (Wildman–Crippen LogP) is 4.70. The van der Waals surface area contributed by atoms with Gasteiger partial charge in [0.1, 0.15) is 0 Å². The zero-order chi connectivity index (χ0) is 19.5. The van der Waals surface area contributed by atoms with Crippen LogP contribution in [0.5, 0.6) is 0 Å². The maximum absolute atomic E-state index is 12.6. The van der Waals surface area contributed by atoms with E-state index in [2.05, 4.69) is 5.32 Å². The summed E-state index contributed by atoms with van der Waals surface area (Å²) in [5.41, 5.74) is 3.99. The van der Waals surface area contributed by atoms with Crippen molar-refractivity contribution < 1.29 is 18.0 Å². The van der Waals surface area contributed by atoms with Gasteiger partial charge in [-0.3, -0.25) is 9.69 Å². The van der Waals surface area contributed by atoms with Gasteiger partial charge in [-0.05, 0) is 56.6 Å². The van der Waals surface area contributed by atoms with Crippen LogP contribution in [0.4, 0.5) is 18.9 Å². The molecule has 0 spiro atoms. The lowest BCUT2D eigenvalue weighted by Crippen LogP contribution is -2.30. The Morgan fingerprint density at radius 2 is 1.58 bits per heavy atom. The van der Waals surface area contributed by atoms with Crippen molar-refractivity contribution in [2.75, 3.05) is 18.9 Å². The fourth-order valence-corrected chi connectivity index (χ4v) is 2.97. The quantitative estimate of drug-likeness (QED) is 0.834. The van der Waals surface area contributed by atoms with Gasteiger partial charge in [-0.15, -0.1) is 0 Å². The Hall–Kier alpha value is -2.34. The first-order chi connectivity index (χ1) is 12.1. The van der Waals surface area contributed by atoms with Gasteiger partial charge in [-0.25, -0.2) is 0 Å². The van der Waals surface area contributed by atoms with E-state index in [-0.39, 0.29) is 12.5 Å². The fourth-order valence-electron chi connectivity index (χ4n) is 2.97. The summed E-state index contributed by atoms with van der Waals surface area (Å²) < 4.78 is 37.8. The number of carbonyl (C=O) groups excluding carboxylic acids is 1. The van der Waals surface area contributed by atoms with Crippen molar-refractivity contribution in [3.8, 4) is 0 Å². The third-order valence-corrected chi connectivity index (χ3v) is 4.09. The summed E-state index contributed by atoms with van der Waals surface area (Å²) in [7, 11) is 1.76. The van der Waals surface area contributed by atoms with Gasteiger partial charge in [0.25, 0.3) is 0 Å². The predicted molar refractivity (Wildman–Crippen MR) is 97.1 cm³/mol. The van der Waals surface area contributed by atoms with Gasteiger partial charge in [0.15, 0.2) is 0 Å². The molecule has 26 heavy (non-hydrogen) atoms. The Bertz CT molecular complexity index is 760. The molecule has 6 heteroatoms. The zero-order valence-electron chi connectivity index (χ0n) is 15.4. The smallest absolute Gasteiger partial charge is 0.324 e. The van der Waals surface area contributed by atoms with E-state index in [0.29, 0.717) is 6.54 Å². The van der Waals surface area contributed by atoms with E-state index in [1.807, 2.05) is 32.9 Å². The molecule has 0 heterocycles. The topological polar surface area (TPSA) is 32.3 Å². The Morgan fingerprint density at radius 3 is 2.08 bits per heavy atom. The number of nitrogens with zero attached hydrogens (tertiary/aromatic N) is 1. The van der Waals surface area contributed by atoms with E-state index in [0.717, 1.165) is 40.1 Å². The Morgan fingerprint density at radius 1 is 1.04 bits per heavy atom. The first-order valence-corrected chi connectivity index (χ1v) is 8.28. The van der Waals surface area contributed by atoms with Crippen molar-refractivity contribution in [3.05, 3.63) is 64.2 Å². The summed E-state index contributed by atoms with van der Waals surface area (Å²) in [6, 6.07) is 9.00. The van der Waals surface area contributed by atoms with Crippen molar-refractivity contribution in [2.24, 2.45) is 0 Å². The minimum absolute atomic E-state index is 0.147. The average molecular weight is 364 g/mol. The SMILES string of the molecule is Cc1cc(C)c(NC(=O)CN(C)Cc2ccc(C(F)(F)F)cc2)c(C)c1. The molecule has 0 saturated carbocycles. The molecule has 3 nitrogen and oxygen atoms in total. The van der Waals surface area contributed by atoms with Crippen LogP contribution in [-0.2, 0) is 17.5 Å². The van der Waals surface area contributed by atoms with Gasteiger partial charge in [0.05, 0.1) is 12.1 Å². The van der Waals surface area contributed by atoms with Crippen LogP contribution in [0.15, 0.2) is 36.4 Å². The molecule has 2 rings (SSSR count). The van der Waals surface area contributed by atoms with Crippen LogP contribution in [0, 0.1) is 20.8 Å². The van der Waals surface area contributed by atoms with E-state index >= 15 is 0 Å². The van der Waals surface area contributed by atoms with E-state index in [1.54, 1.807) is 11.9 Å². The number of likely N-dealkylation sites (N-methyl/N-ethyl adjacent to an activating group) is 1. The molecule has 0 aliphatic heterocycles. The highest BCUT2D eigenvalue weighted by molar-refractivity contribution is 5.93. The number of aryl methyl sites for hydroxylation is 3. The van der Waals surface area contributed by atoms with Crippen molar-refractivity contribution in [2.45, 2.75) is 33.5 Å². The second kappa shape index (κ2) is 7.91. The van der Waals surface area contributed by atoms with Crippen LogP contribution < -0.4 is 5.32 Å². The van der Waals surface area contributed by atoms with Gasteiger partial charge in [-0.1, -0.05) is 29.8 Å². The lowest BCUT2D eigenvalue weighted by atomic mass is 10.1. The highest BCUT2D eigenvalue weighted by Crippen LogP contribution is 2.29. The molecule has 0 unspecified atom stereocenters. The summed E-state index contributed by atoms with van der Waals surface area (Å²) in [6.07, 6.45) is -4.34. The van der Waals surface area contributed by atoms with Gasteiger partial charge in [-0.2, -0.15) is 13.2 Å². The first kappa shape index (κ1) is 20.0. The maximum atomic E-state index is 12.6. The number of nitrogens with one attached hydrogen (secondary N) is 1. The van der Waals surface area contributed by atoms with Gasteiger partial charge in [0.2, 0.25) is 5.91 Å². The number of alkyl halides is 3. The summed E-state index contributed by atoms with van der Waals surface area (Å²) in [4.78, 5) is 14.0. The third kappa shape index (κ3) is 5.33. The summed E-state index contributed by atoms with van der Waals surface area (Å²) in [6.45, 7) is 6.43. The zero-order valence-corrected chi connectivity index (χ0v) is 15.4. The van der Waals surface area contributed by atoms with Crippen LogP contribution in [0.25, 0.3) is 0 Å². The standard InChI is InChI=1S/C20H23F3N2O/c1-13-9-14(2)19(15(3)10-13)24-18(26)12-25(4)11-16-5-7-17(8-6-16)20(21,22)23/h5-10H,11-12H2,1-4H3,(H,24,26). The van der Waals surface area contributed by atoms with Crippen LogP contribution in [0.2, 0.25) is 0 Å². The van der Waals surface area contributed by atoms with Crippen molar-refractivity contribution in [1.29, 1.82) is 0 Å². The van der Waals surface area contributed by atoms with Crippen LogP contribution in [0.3, 0.4) is 0 Å². The molecule has 0 aromatic heterocycles. The number of halogens is 3. The molecule has 0 radical (unpaired) electrons. The number of carbonyl (C=O) groups is 1. The minimum Gasteiger partial charge on any atom is -0.324 e. The van der Waals surface area contributed by atoms with Crippen LogP contribution in [-0.4, -0.2) is 24.4 Å². The second-order valence-electron chi connectivity index (χ2n) is 6.69. The molecule has 1 amide bonds. The van der Waals surface area contributed by atoms with E-state index in [1.165, 1.54) is 12.1 Å². The Kier molecular flexibility index (Phi) is 6.08. The highest BCUT2D eigenvalue weighted by atomic mass is 19.4. The van der Waals surface area contributed by atoms with Crippen LogP contribution in [0.1, 0.15) is 27.8 Å². The lowest BCUT2D eigenvalue weighted by molar-refractivity contribution is -0.137. The van der Waals surface area contributed by atoms with Gasteiger partial charge in [0, 0.05) is 12.2 Å². The van der Waals surface area contributed by atoms with E-state index in [9.17, 15) is 18.0 Å².